The van der Waals surface area contributed by atoms with Crippen LogP contribution in [-0.4, -0.2) is 50.2 Å². The molecule has 0 unspecified atom stereocenters. The normalized spacial score (nSPS) is 17.8. The van der Waals surface area contributed by atoms with Crippen molar-refractivity contribution in [3.63, 3.8) is 0 Å². The second kappa shape index (κ2) is 9.37. The van der Waals surface area contributed by atoms with E-state index in [0.717, 1.165) is 45.3 Å². The summed E-state index contributed by atoms with van der Waals surface area (Å²) in [6.07, 6.45) is 3.76. The van der Waals surface area contributed by atoms with Crippen LogP contribution in [0.15, 0.2) is 34.6 Å². The summed E-state index contributed by atoms with van der Waals surface area (Å²) in [5.41, 5.74) is 2.59. The van der Waals surface area contributed by atoms with E-state index in [0.29, 0.717) is 11.8 Å². The number of benzene rings is 1. The number of carbonyl (C=O) groups is 1. The Morgan fingerprint density at radius 1 is 1.29 bits per heavy atom. The van der Waals surface area contributed by atoms with Gasteiger partial charge in [-0.2, -0.15) is 0 Å². The Hall–Kier alpha value is -2.34. The van der Waals surface area contributed by atoms with Gasteiger partial charge in [0.15, 0.2) is 16.0 Å². The summed E-state index contributed by atoms with van der Waals surface area (Å²) in [5, 5.41) is 14.4. The molecule has 4 aromatic rings. The molecule has 3 aromatic heterocycles. The maximum Gasteiger partial charge on any atom is 0.234 e. The Labute approximate surface area is 209 Å². The predicted molar refractivity (Wildman–Crippen MR) is 137 cm³/mol. The first-order valence-electron chi connectivity index (χ1n) is 10.9. The SMILES string of the molecule is CC[C@@]1(C)Cc2c(sc3nc(SC)n4c(SCC(=O)Nc5ccc(OC)cc5)nnc4c23)CO1. The molecule has 0 saturated carbocycles. The van der Waals surface area contributed by atoms with Crippen molar-refractivity contribution in [2.24, 2.45) is 0 Å². The van der Waals surface area contributed by atoms with Crippen molar-refractivity contribution in [2.45, 2.75) is 49.2 Å². The first-order chi connectivity index (χ1) is 16.4. The molecule has 178 valence electrons. The van der Waals surface area contributed by atoms with Crippen LogP contribution in [0.3, 0.4) is 0 Å². The first kappa shape index (κ1) is 23.4. The van der Waals surface area contributed by atoms with Crippen LogP contribution in [0.4, 0.5) is 5.69 Å². The number of amides is 1. The Bertz CT molecular complexity index is 1370. The molecular weight excluding hydrogens is 490 g/mol. The molecule has 0 aliphatic carbocycles. The Morgan fingerprint density at radius 2 is 2.09 bits per heavy atom. The van der Waals surface area contributed by atoms with Gasteiger partial charge in [0.2, 0.25) is 5.91 Å². The third kappa shape index (κ3) is 4.26. The second-order valence-electron chi connectivity index (χ2n) is 8.26. The molecule has 11 heteroatoms. The highest BCUT2D eigenvalue weighted by atomic mass is 32.2. The van der Waals surface area contributed by atoms with Crippen LogP contribution in [0, 0.1) is 0 Å². The van der Waals surface area contributed by atoms with Gasteiger partial charge >= 0.3 is 0 Å². The van der Waals surface area contributed by atoms with E-state index >= 15 is 0 Å². The number of hydrogen-bond acceptors (Lipinski definition) is 9. The standard InChI is InChI=1S/C23H25N5O3S3/c1-5-23(2)10-15-16(11-31-23)34-20-18(15)19-26-27-22(28(19)21(25-20)32-4)33-12-17(29)24-13-6-8-14(30-3)9-7-13/h6-9H,5,10-12H2,1-4H3,(H,24,29)/t23-/m0/s1. The van der Waals surface area contributed by atoms with Gasteiger partial charge < -0.3 is 14.8 Å². The highest BCUT2D eigenvalue weighted by molar-refractivity contribution is 8.00. The van der Waals surface area contributed by atoms with E-state index in [4.69, 9.17) is 14.5 Å². The summed E-state index contributed by atoms with van der Waals surface area (Å²) in [6, 6.07) is 7.25. The molecule has 0 saturated heterocycles. The molecule has 1 amide bonds. The molecule has 0 spiro atoms. The van der Waals surface area contributed by atoms with E-state index in [2.05, 4.69) is 29.4 Å². The van der Waals surface area contributed by atoms with Gasteiger partial charge in [-0.15, -0.1) is 21.5 Å². The molecule has 1 aromatic carbocycles. The van der Waals surface area contributed by atoms with Gasteiger partial charge in [0.05, 0.1) is 30.5 Å². The fraction of sp³-hybridized carbons (Fsp3) is 0.391. The summed E-state index contributed by atoms with van der Waals surface area (Å²) in [4.78, 5) is 19.7. The average molecular weight is 516 g/mol. The van der Waals surface area contributed by atoms with Crippen molar-refractivity contribution in [1.82, 2.24) is 19.6 Å². The molecule has 5 rings (SSSR count). The van der Waals surface area contributed by atoms with Crippen molar-refractivity contribution < 1.29 is 14.3 Å². The summed E-state index contributed by atoms with van der Waals surface area (Å²) in [5.74, 6) is 0.838. The highest BCUT2D eigenvalue weighted by Gasteiger charge is 2.33. The van der Waals surface area contributed by atoms with Crippen LogP contribution in [0.2, 0.25) is 0 Å². The molecule has 34 heavy (non-hydrogen) atoms. The molecule has 0 fully saturated rings. The van der Waals surface area contributed by atoms with Gasteiger partial charge in [0, 0.05) is 17.0 Å². The number of ether oxygens (including phenoxy) is 2. The van der Waals surface area contributed by atoms with Crippen LogP contribution < -0.4 is 10.1 Å². The number of fused-ring (bicyclic) bond motifs is 5. The third-order valence-electron chi connectivity index (χ3n) is 6.06. The average Bonchev–Trinajstić information content (AvgIpc) is 3.43. The van der Waals surface area contributed by atoms with Crippen LogP contribution >= 0.6 is 34.9 Å². The van der Waals surface area contributed by atoms with Gasteiger partial charge in [0.1, 0.15) is 10.6 Å². The minimum absolute atomic E-state index is 0.115. The molecule has 4 heterocycles. The maximum atomic E-state index is 12.6. The summed E-state index contributed by atoms with van der Waals surface area (Å²) in [6.45, 7) is 4.91. The monoisotopic (exact) mass is 515 g/mol. The maximum absolute atomic E-state index is 12.6. The zero-order chi connectivity index (χ0) is 23.9. The van der Waals surface area contributed by atoms with E-state index in [1.54, 1.807) is 30.2 Å². The molecule has 0 bridgehead atoms. The van der Waals surface area contributed by atoms with E-state index in [1.165, 1.54) is 22.2 Å². The number of anilines is 1. The number of hydrogen-bond donors (Lipinski definition) is 1. The lowest BCUT2D eigenvalue weighted by Crippen LogP contribution is -2.33. The number of nitrogens with zero attached hydrogens (tertiary/aromatic N) is 4. The number of methoxy groups -OCH3 is 1. The fourth-order valence-electron chi connectivity index (χ4n) is 3.98. The molecule has 1 aliphatic rings. The van der Waals surface area contributed by atoms with Crippen LogP contribution in [0.5, 0.6) is 5.75 Å². The topological polar surface area (TPSA) is 90.6 Å². The molecular formula is C23H25N5O3S3. The van der Waals surface area contributed by atoms with E-state index in [1.807, 2.05) is 34.9 Å². The Kier molecular flexibility index (Phi) is 6.45. The lowest BCUT2D eigenvalue weighted by Gasteiger charge is -2.32. The van der Waals surface area contributed by atoms with Gasteiger partial charge in [-0.05, 0) is 49.4 Å². The molecule has 1 N–H and O–H groups in total. The van der Waals surface area contributed by atoms with Crippen molar-refractivity contribution in [3.05, 3.63) is 34.7 Å². The molecule has 1 aliphatic heterocycles. The van der Waals surface area contributed by atoms with Gasteiger partial charge in [-0.3, -0.25) is 4.79 Å². The first-order valence-corrected chi connectivity index (χ1v) is 13.9. The zero-order valence-electron chi connectivity index (χ0n) is 19.4. The van der Waals surface area contributed by atoms with Crippen molar-refractivity contribution >= 4 is 62.3 Å². The highest BCUT2D eigenvalue weighted by Crippen LogP contribution is 2.42. The number of thiophene rings is 1. The number of carbonyl (C=O) groups excluding carboxylic acids is 1. The quantitative estimate of drug-likeness (QED) is 0.270. The van der Waals surface area contributed by atoms with Gasteiger partial charge in [0.25, 0.3) is 0 Å². The van der Waals surface area contributed by atoms with Gasteiger partial charge in [-0.25, -0.2) is 9.38 Å². The number of aromatic nitrogens is 4. The summed E-state index contributed by atoms with van der Waals surface area (Å²) < 4.78 is 13.3. The van der Waals surface area contributed by atoms with Gasteiger partial charge in [-0.1, -0.05) is 30.4 Å². The molecule has 8 nitrogen and oxygen atoms in total. The third-order valence-corrected chi connectivity index (χ3v) is 8.72. The van der Waals surface area contributed by atoms with Crippen LogP contribution in [0.25, 0.3) is 15.9 Å². The van der Waals surface area contributed by atoms with Crippen LogP contribution in [0.1, 0.15) is 30.7 Å². The lowest BCUT2D eigenvalue weighted by atomic mass is 9.90. The summed E-state index contributed by atoms with van der Waals surface area (Å²) >= 11 is 4.57. The molecule has 0 radical (unpaired) electrons. The Balaban J connectivity index is 1.44. The minimum atomic E-state index is -0.187. The number of rotatable bonds is 7. The lowest BCUT2D eigenvalue weighted by molar-refractivity contribution is -0.113. The number of nitrogens with one attached hydrogen (secondary N) is 1. The minimum Gasteiger partial charge on any atom is -0.497 e. The van der Waals surface area contributed by atoms with Crippen LogP contribution in [-0.2, 0) is 22.6 Å². The largest absolute Gasteiger partial charge is 0.497 e. The second-order valence-corrected chi connectivity index (χ2v) is 11.1. The molecule has 1 atom stereocenters. The van der Waals surface area contributed by atoms with E-state index < -0.39 is 0 Å². The fourth-order valence-corrected chi connectivity index (χ4v) is 6.46. The van der Waals surface area contributed by atoms with Crippen molar-refractivity contribution in [1.29, 1.82) is 0 Å². The number of thioether (sulfide) groups is 2. The van der Waals surface area contributed by atoms with E-state index in [9.17, 15) is 4.79 Å². The van der Waals surface area contributed by atoms with Crippen molar-refractivity contribution in [2.75, 3.05) is 24.4 Å². The van der Waals surface area contributed by atoms with E-state index in [-0.39, 0.29) is 17.3 Å². The van der Waals surface area contributed by atoms with Crippen molar-refractivity contribution in [3.8, 4) is 5.75 Å². The summed E-state index contributed by atoms with van der Waals surface area (Å²) in [7, 11) is 1.61. The predicted octanol–water partition coefficient (Wildman–Crippen LogP) is 5.04. The Morgan fingerprint density at radius 3 is 2.79 bits per heavy atom. The smallest absolute Gasteiger partial charge is 0.234 e. The zero-order valence-corrected chi connectivity index (χ0v) is 21.8.